The number of methoxy groups -OCH3 is 3. The predicted molar refractivity (Wildman–Crippen MR) is 132 cm³/mol. The molecule has 2 aromatic carbocycles. The molecule has 0 saturated heterocycles. The summed E-state index contributed by atoms with van der Waals surface area (Å²) in [5, 5.41) is 0. The van der Waals surface area contributed by atoms with Gasteiger partial charge in [-0.15, -0.1) is 0 Å². The van der Waals surface area contributed by atoms with Gasteiger partial charge in [0.25, 0.3) is 11.8 Å². The SMILES string of the molecule is CCN(CC)c1ccc(C(=O)NNC(=O)COC(=O)/C=C/c2cc(OC)c(OC)c(OC)c2)cc1. The zero-order valence-electron chi connectivity index (χ0n) is 20.5. The largest absolute Gasteiger partial charge is 0.493 e. The molecule has 0 saturated carbocycles. The Morgan fingerprint density at radius 3 is 2.00 bits per heavy atom. The molecule has 0 fully saturated rings. The number of amides is 2. The standard InChI is InChI=1S/C25H31N3O7/c1-6-28(7-2)19-11-9-18(10-12-19)25(31)27-26-22(29)16-35-23(30)13-8-17-14-20(32-3)24(34-5)21(15-17)33-4/h8-15H,6-7,16H2,1-5H3,(H,26,29)(H,27,31)/b13-8+. The summed E-state index contributed by atoms with van der Waals surface area (Å²) in [5.41, 5.74) is 6.49. The van der Waals surface area contributed by atoms with E-state index in [-0.39, 0.29) is 0 Å². The second kappa shape index (κ2) is 13.5. The molecule has 2 rings (SSSR count). The minimum absolute atomic E-state index is 0.381. The van der Waals surface area contributed by atoms with Gasteiger partial charge in [-0.3, -0.25) is 20.4 Å². The van der Waals surface area contributed by atoms with Crippen molar-refractivity contribution >= 4 is 29.5 Å². The average Bonchev–Trinajstić information content (AvgIpc) is 2.89. The zero-order valence-corrected chi connectivity index (χ0v) is 20.5. The lowest BCUT2D eigenvalue weighted by Crippen LogP contribution is -2.43. The number of hydrogen-bond acceptors (Lipinski definition) is 8. The minimum Gasteiger partial charge on any atom is -0.493 e. The van der Waals surface area contributed by atoms with Crippen molar-refractivity contribution in [3.8, 4) is 17.2 Å². The Hall–Kier alpha value is -4.21. The molecule has 0 heterocycles. The Kier molecular flexibility index (Phi) is 10.4. The molecular formula is C25H31N3O7. The predicted octanol–water partition coefficient (Wildman–Crippen LogP) is 2.58. The number of carbonyl (C=O) groups excluding carboxylic acids is 3. The van der Waals surface area contributed by atoms with Crippen LogP contribution < -0.4 is 30.0 Å². The Labute approximate surface area is 204 Å². The van der Waals surface area contributed by atoms with Crippen molar-refractivity contribution in [1.82, 2.24) is 10.9 Å². The summed E-state index contributed by atoms with van der Waals surface area (Å²) in [6.07, 6.45) is 2.64. The van der Waals surface area contributed by atoms with Crippen LogP contribution in [0.3, 0.4) is 0 Å². The highest BCUT2D eigenvalue weighted by Crippen LogP contribution is 2.38. The highest BCUT2D eigenvalue weighted by molar-refractivity contribution is 5.96. The lowest BCUT2D eigenvalue weighted by molar-refractivity contribution is -0.144. The molecule has 0 atom stereocenters. The molecule has 0 bridgehead atoms. The fraction of sp³-hybridized carbons (Fsp3) is 0.320. The van der Waals surface area contributed by atoms with E-state index in [0.29, 0.717) is 28.4 Å². The molecule has 0 aromatic heterocycles. The highest BCUT2D eigenvalue weighted by Gasteiger charge is 2.13. The summed E-state index contributed by atoms with van der Waals surface area (Å²) >= 11 is 0. The van der Waals surface area contributed by atoms with Crippen LogP contribution in [0, 0.1) is 0 Å². The first kappa shape index (κ1) is 27.0. The Balaban J connectivity index is 1.84. The maximum Gasteiger partial charge on any atom is 0.331 e. The third kappa shape index (κ3) is 7.66. The van der Waals surface area contributed by atoms with Gasteiger partial charge >= 0.3 is 5.97 Å². The van der Waals surface area contributed by atoms with Crippen LogP contribution in [0.5, 0.6) is 17.2 Å². The lowest BCUT2D eigenvalue weighted by Gasteiger charge is -2.21. The first-order chi connectivity index (χ1) is 16.9. The monoisotopic (exact) mass is 485 g/mol. The zero-order chi connectivity index (χ0) is 25.8. The molecule has 0 radical (unpaired) electrons. The number of nitrogens with zero attached hydrogens (tertiary/aromatic N) is 1. The van der Waals surface area contributed by atoms with Crippen molar-refractivity contribution in [2.24, 2.45) is 0 Å². The lowest BCUT2D eigenvalue weighted by atomic mass is 10.1. The molecule has 10 nitrogen and oxygen atoms in total. The fourth-order valence-corrected chi connectivity index (χ4v) is 3.19. The smallest absolute Gasteiger partial charge is 0.331 e. The van der Waals surface area contributed by atoms with Crippen LogP contribution in [0.4, 0.5) is 5.69 Å². The Morgan fingerprint density at radius 2 is 1.49 bits per heavy atom. The van der Waals surface area contributed by atoms with Gasteiger partial charge in [0.05, 0.1) is 21.3 Å². The highest BCUT2D eigenvalue weighted by atomic mass is 16.5. The third-order valence-corrected chi connectivity index (χ3v) is 5.02. The quantitative estimate of drug-likeness (QED) is 0.284. The van der Waals surface area contributed by atoms with Gasteiger partial charge in [0.15, 0.2) is 18.1 Å². The second-order valence-corrected chi connectivity index (χ2v) is 7.12. The van der Waals surface area contributed by atoms with Gasteiger partial charge in [-0.05, 0) is 61.9 Å². The van der Waals surface area contributed by atoms with Gasteiger partial charge in [0, 0.05) is 30.4 Å². The van der Waals surface area contributed by atoms with E-state index in [1.165, 1.54) is 27.4 Å². The van der Waals surface area contributed by atoms with Crippen molar-refractivity contribution in [3.05, 3.63) is 53.6 Å². The van der Waals surface area contributed by atoms with Gasteiger partial charge in [-0.2, -0.15) is 0 Å². The van der Waals surface area contributed by atoms with Gasteiger partial charge < -0.3 is 23.8 Å². The summed E-state index contributed by atoms with van der Waals surface area (Å²) in [6, 6.07) is 10.3. The number of rotatable bonds is 11. The van der Waals surface area contributed by atoms with Crippen LogP contribution in [0.1, 0.15) is 29.8 Å². The third-order valence-electron chi connectivity index (χ3n) is 5.02. The van der Waals surface area contributed by atoms with Crippen molar-refractivity contribution in [2.45, 2.75) is 13.8 Å². The van der Waals surface area contributed by atoms with Gasteiger partial charge in [-0.1, -0.05) is 0 Å². The average molecular weight is 486 g/mol. The number of esters is 1. The number of hydrogen-bond donors (Lipinski definition) is 2. The number of nitrogens with one attached hydrogen (secondary N) is 2. The first-order valence-corrected chi connectivity index (χ1v) is 11.0. The van der Waals surface area contributed by atoms with Crippen LogP contribution in [-0.2, 0) is 14.3 Å². The van der Waals surface area contributed by atoms with E-state index in [9.17, 15) is 14.4 Å². The van der Waals surface area contributed by atoms with E-state index >= 15 is 0 Å². The molecule has 2 amide bonds. The van der Waals surface area contributed by atoms with Crippen LogP contribution >= 0.6 is 0 Å². The van der Waals surface area contributed by atoms with E-state index in [2.05, 4.69) is 29.6 Å². The molecule has 10 heteroatoms. The summed E-state index contributed by atoms with van der Waals surface area (Å²) < 4.78 is 20.7. The van der Waals surface area contributed by atoms with Crippen molar-refractivity contribution in [2.75, 3.05) is 45.9 Å². The molecule has 0 unspecified atom stereocenters. The van der Waals surface area contributed by atoms with Gasteiger partial charge in [0.1, 0.15) is 0 Å². The van der Waals surface area contributed by atoms with E-state index in [0.717, 1.165) is 24.9 Å². The van der Waals surface area contributed by atoms with Crippen LogP contribution in [0.25, 0.3) is 6.08 Å². The normalized spacial score (nSPS) is 10.4. The van der Waals surface area contributed by atoms with E-state index in [1.807, 2.05) is 12.1 Å². The molecule has 0 aliphatic heterocycles. The number of hydrazine groups is 1. The number of ether oxygens (including phenoxy) is 4. The molecule has 2 N–H and O–H groups in total. The molecule has 2 aromatic rings. The maximum absolute atomic E-state index is 12.2. The summed E-state index contributed by atoms with van der Waals surface area (Å²) in [5.74, 6) is -0.637. The van der Waals surface area contributed by atoms with Crippen LogP contribution in [0.15, 0.2) is 42.5 Å². The van der Waals surface area contributed by atoms with E-state index in [4.69, 9.17) is 18.9 Å². The van der Waals surface area contributed by atoms with Crippen LogP contribution in [0.2, 0.25) is 0 Å². The summed E-state index contributed by atoms with van der Waals surface area (Å²) in [7, 11) is 4.46. The fourth-order valence-electron chi connectivity index (χ4n) is 3.19. The van der Waals surface area contributed by atoms with Crippen molar-refractivity contribution < 1.29 is 33.3 Å². The van der Waals surface area contributed by atoms with Crippen molar-refractivity contribution in [3.63, 3.8) is 0 Å². The van der Waals surface area contributed by atoms with E-state index in [1.54, 1.807) is 24.3 Å². The topological polar surface area (TPSA) is 115 Å². The van der Waals surface area contributed by atoms with Crippen molar-refractivity contribution in [1.29, 1.82) is 0 Å². The summed E-state index contributed by atoms with van der Waals surface area (Å²) in [6.45, 7) is 5.24. The molecule has 188 valence electrons. The van der Waals surface area contributed by atoms with Gasteiger partial charge in [-0.25, -0.2) is 4.79 Å². The molecule has 35 heavy (non-hydrogen) atoms. The van der Waals surface area contributed by atoms with E-state index < -0.39 is 24.4 Å². The molecule has 0 aliphatic rings. The number of benzene rings is 2. The Morgan fingerprint density at radius 1 is 0.886 bits per heavy atom. The van der Waals surface area contributed by atoms with Gasteiger partial charge in [0.2, 0.25) is 5.75 Å². The molecular weight excluding hydrogens is 454 g/mol. The molecule has 0 spiro atoms. The number of anilines is 1. The van der Waals surface area contributed by atoms with Crippen LogP contribution in [-0.4, -0.2) is 58.8 Å². The maximum atomic E-state index is 12.2. The summed E-state index contributed by atoms with van der Waals surface area (Å²) in [4.78, 5) is 38.3. The first-order valence-electron chi connectivity index (χ1n) is 11.0. The second-order valence-electron chi connectivity index (χ2n) is 7.12. The number of carbonyl (C=O) groups is 3. The minimum atomic E-state index is -0.743. The Bertz CT molecular complexity index is 1020. The molecule has 0 aliphatic carbocycles.